The predicted octanol–water partition coefficient (Wildman–Crippen LogP) is 3.53. The Labute approximate surface area is 120 Å². The summed E-state index contributed by atoms with van der Waals surface area (Å²) < 4.78 is 2.01. The van der Waals surface area contributed by atoms with Crippen LogP contribution in [-0.2, 0) is 19.4 Å². The van der Waals surface area contributed by atoms with E-state index in [9.17, 15) is 4.79 Å². The summed E-state index contributed by atoms with van der Waals surface area (Å²) in [7, 11) is 0. The summed E-state index contributed by atoms with van der Waals surface area (Å²) in [5, 5.41) is 4.54. The van der Waals surface area contributed by atoms with Gasteiger partial charge in [-0.2, -0.15) is 5.10 Å². The largest absolute Gasteiger partial charge is 0.294 e. The first kappa shape index (κ1) is 14.5. The molecule has 2 rings (SSSR count). The van der Waals surface area contributed by atoms with Crippen LogP contribution in [0.3, 0.4) is 0 Å². The monoisotopic (exact) mass is 270 g/mol. The lowest BCUT2D eigenvalue weighted by atomic mass is 9.95. The van der Waals surface area contributed by atoms with Crippen LogP contribution in [0.4, 0.5) is 0 Å². The molecule has 3 nitrogen and oxygen atoms in total. The van der Waals surface area contributed by atoms with Crippen LogP contribution in [0.5, 0.6) is 0 Å². The second-order valence-corrected chi connectivity index (χ2v) is 5.13. The van der Waals surface area contributed by atoms with Crippen molar-refractivity contribution in [3.8, 4) is 0 Å². The van der Waals surface area contributed by atoms with Gasteiger partial charge >= 0.3 is 0 Å². The van der Waals surface area contributed by atoms with E-state index in [4.69, 9.17) is 0 Å². The van der Waals surface area contributed by atoms with Crippen LogP contribution >= 0.6 is 0 Å². The van der Waals surface area contributed by atoms with Crippen LogP contribution in [0.2, 0.25) is 0 Å². The Bertz CT molecular complexity index is 572. The van der Waals surface area contributed by atoms with Crippen LogP contribution < -0.4 is 0 Å². The number of rotatable bonds is 6. The van der Waals surface area contributed by atoms with E-state index in [2.05, 4.69) is 25.0 Å². The topological polar surface area (TPSA) is 34.9 Å². The second kappa shape index (κ2) is 6.51. The van der Waals surface area contributed by atoms with Crippen LogP contribution in [0.15, 0.2) is 36.4 Å². The smallest absolute Gasteiger partial charge is 0.166 e. The average molecular weight is 270 g/mol. The summed E-state index contributed by atoms with van der Waals surface area (Å²) in [4.78, 5) is 12.4. The number of aromatic nitrogens is 2. The molecule has 0 saturated heterocycles. The molecule has 1 unspecified atom stereocenters. The third kappa shape index (κ3) is 3.16. The van der Waals surface area contributed by atoms with E-state index in [1.165, 1.54) is 0 Å². The van der Waals surface area contributed by atoms with Gasteiger partial charge in [-0.3, -0.25) is 9.48 Å². The molecule has 0 fully saturated rings. The molecular weight excluding hydrogens is 248 g/mol. The van der Waals surface area contributed by atoms with Gasteiger partial charge in [0.05, 0.1) is 5.69 Å². The standard InChI is InChI=1S/C17H22N2O/c1-4-15-12-16(19(5-2)18-15)11-13(3)17(20)14-9-7-6-8-10-14/h6-10,12-13H,4-5,11H2,1-3H3. The summed E-state index contributed by atoms with van der Waals surface area (Å²) in [5.74, 6) is 0.177. The minimum Gasteiger partial charge on any atom is -0.294 e. The molecule has 0 aliphatic carbocycles. The van der Waals surface area contributed by atoms with Gasteiger partial charge in [0.2, 0.25) is 0 Å². The van der Waals surface area contributed by atoms with Gasteiger partial charge in [0, 0.05) is 23.7 Å². The summed E-state index contributed by atoms with van der Waals surface area (Å²) in [5.41, 5.74) is 3.04. The Hall–Kier alpha value is -1.90. The number of carbonyl (C=O) groups is 1. The third-order valence-corrected chi connectivity index (χ3v) is 3.60. The first-order chi connectivity index (χ1) is 9.65. The molecule has 0 bridgehead atoms. The number of nitrogens with zero attached hydrogens (tertiary/aromatic N) is 2. The SMILES string of the molecule is CCc1cc(CC(C)C(=O)c2ccccc2)n(CC)n1. The van der Waals surface area contributed by atoms with E-state index in [1.807, 2.05) is 41.9 Å². The maximum atomic E-state index is 12.4. The molecule has 0 aliphatic rings. The lowest BCUT2D eigenvalue weighted by Crippen LogP contribution is -2.16. The maximum absolute atomic E-state index is 12.4. The lowest BCUT2D eigenvalue weighted by molar-refractivity contribution is 0.0928. The zero-order valence-electron chi connectivity index (χ0n) is 12.5. The van der Waals surface area contributed by atoms with Crippen molar-refractivity contribution in [1.82, 2.24) is 9.78 Å². The van der Waals surface area contributed by atoms with Crippen molar-refractivity contribution in [2.24, 2.45) is 5.92 Å². The summed E-state index contributed by atoms with van der Waals surface area (Å²) >= 11 is 0. The van der Waals surface area contributed by atoms with Crippen molar-refractivity contribution in [1.29, 1.82) is 0 Å². The van der Waals surface area contributed by atoms with Gasteiger partial charge in [0.25, 0.3) is 0 Å². The summed E-state index contributed by atoms with van der Waals surface area (Å²) in [6.07, 6.45) is 1.68. The number of hydrogen-bond donors (Lipinski definition) is 0. The first-order valence-corrected chi connectivity index (χ1v) is 7.30. The molecule has 3 heteroatoms. The zero-order chi connectivity index (χ0) is 14.5. The van der Waals surface area contributed by atoms with Gasteiger partial charge < -0.3 is 0 Å². The van der Waals surface area contributed by atoms with Gasteiger partial charge in [0.15, 0.2) is 5.78 Å². The van der Waals surface area contributed by atoms with Gasteiger partial charge in [-0.15, -0.1) is 0 Å². The molecule has 0 radical (unpaired) electrons. The van der Waals surface area contributed by atoms with E-state index in [0.29, 0.717) is 0 Å². The Morgan fingerprint density at radius 1 is 1.25 bits per heavy atom. The molecule has 0 aliphatic heterocycles. The van der Waals surface area contributed by atoms with E-state index < -0.39 is 0 Å². The minimum atomic E-state index is -0.0240. The average Bonchev–Trinajstić information content (AvgIpc) is 2.89. The highest BCUT2D eigenvalue weighted by Crippen LogP contribution is 2.16. The van der Waals surface area contributed by atoms with Crippen LogP contribution in [0.25, 0.3) is 0 Å². The van der Waals surface area contributed by atoms with E-state index in [-0.39, 0.29) is 11.7 Å². The fourth-order valence-electron chi connectivity index (χ4n) is 2.42. The zero-order valence-corrected chi connectivity index (χ0v) is 12.5. The van der Waals surface area contributed by atoms with Gasteiger partial charge in [-0.05, 0) is 25.8 Å². The minimum absolute atomic E-state index is 0.0240. The fraction of sp³-hybridized carbons (Fsp3) is 0.412. The van der Waals surface area contributed by atoms with Crippen molar-refractivity contribution >= 4 is 5.78 Å². The molecule has 0 spiro atoms. The molecule has 20 heavy (non-hydrogen) atoms. The highest BCUT2D eigenvalue weighted by Gasteiger charge is 2.18. The van der Waals surface area contributed by atoms with Crippen LogP contribution in [0, 0.1) is 5.92 Å². The number of hydrogen-bond acceptors (Lipinski definition) is 2. The van der Waals surface area contributed by atoms with Gasteiger partial charge in [0.1, 0.15) is 0 Å². The van der Waals surface area contributed by atoms with Crippen molar-refractivity contribution < 1.29 is 4.79 Å². The Morgan fingerprint density at radius 3 is 2.55 bits per heavy atom. The predicted molar refractivity (Wildman–Crippen MR) is 80.9 cm³/mol. The summed E-state index contributed by atoms with van der Waals surface area (Å²) in [6, 6.07) is 11.6. The fourth-order valence-corrected chi connectivity index (χ4v) is 2.42. The molecule has 1 aromatic carbocycles. The van der Waals surface area contributed by atoms with Crippen molar-refractivity contribution in [3.63, 3.8) is 0 Å². The molecule has 1 aromatic heterocycles. The maximum Gasteiger partial charge on any atom is 0.166 e. The third-order valence-electron chi connectivity index (χ3n) is 3.60. The number of benzene rings is 1. The van der Waals surface area contributed by atoms with E-state index in [1.54, 1.807) is 0 Å². The normalized spacial score (nSPS) is 12.3. The quantitative estimate of drug-likeness (QED) is 0.753. The molecule has 0 N–H and O–H groups in total. The number of carbonyl (C=O) groups excluding carboxylic acids is 1. The second-order valence-electron chi connectivity index (χ2n) is 5.13. The summed E-state index contributed by atoms with van der Waals surface area (Å²) in [6.45, 7) is 7.03. The lowest BCUT2D eigenvalue weighted by Gasteiger charge is -2.11. The van der Waals surface area contributed by atoms with Gasteiger partial charge in [-0.1, -0.05) is 44.2 Å². The highest BCUT2D eigenvalue weighted by molar-refractivity contribution is 5.97. The molecule has 2 aromatic rings. The molecule has 106 valence electrons. The number of Topliss-reactive ketones (excluding diaryl/α,β-unsaturated/α-hetero) is 1. The molecule has 0 amide bonds. The number of ketones is 1. The van der Waals surface area contributed by atoms with Crippen LogP contribution in [0.1, 0.15) is 42.5 Å². The van der Waals surface area contributed by atoms with E-state index in [0.717, 1.165) is 36.3 Å². The van der Waals surface area contributed by atoms with Crippen LogP contribution in [-0.4, -0.2) is 15.6 Å². The van der Waals surface area contributed by atoms with Crippen molar-refractivity contribution in [3.05, 3.63) is 53.3 Å². The number of aryl methyl sites for hydroxylation is 2. The molecule has 1 atom stereocenters. The molecular formula is C17H22N2O. The first-order valence-electron chi connectivity index (χ1n) is 7.30. The Morgan fingerprint density at radius 2 is 1.95 bits per heavy atom. The van der Waals surface area contributed by atoms with Gasteiger partial charge in [-0.25, -0.2) is 0 Å². The highest BCUT2D eigenvalue weighted by atomic mass is 16.1. The Balaban J connectivity index is 2.13. The molecule has 0 saturated carbocycles. The molecule has 1 heterocycles. The van der Waals surface area contributed by atoms with E-state index >= 15 is 0 Å². The van der Waals surface area contributed by atoms with Crippen molar-refractivity contribution in [2.45, 2.75) is 40.2 Å². The Kier molecular flexibility index (Phi) is 4.72. The van der Waals surface area contributed by atoms with Crippen molar-refractivity contribution in [2.75, 3.05) is 0 Å².